The van der Waals surface area contributed by atoms with Crippen LogP contribution in [0, 0.1) is 6.92 Å². The lowest BCUT2D eigenvalue weighted by molar-refractivity contribution is -0.140. The number of aromatic nitrogens is 2. The minimum atomic E-state index is -0.499. The normalized spacial score (nSPS) is 10.7. The van der Waals surface area contributed by atoms with Gasteiger partial charge in [-0.25, -0.2) is 0 Å². The number of amides is 1. The van der Waals surface area contributed by atoms with Crippen LogP contribution in [0.4, 0.5) is 0 Å². The highest BCUT2D eigenvalue weighted by atomic mass is 16.5. The van der Waals surface area contributed by atoms with Gasteiger partial charge in [-0.05, 0) is 37.5 Å². The van der Waals surface area contributed by atoms with Gasteiger partial charge in [0.1, 0.15) is 0 Å². The first-order valence-electron chi connectivity index (χ1n) is 9.56. The Balaban J connectivity index is 2.09. The van der Waals surface area contributed by atoms with Crippen LogP contribution < -0.4 is 5.73 Å². The van der Waals surface area contributed by atoms with Gasteiger partial charge < -0.3 is 15.0 Å². The zero-order valence-corrected chi connectivity index (χ0v) is 16.7. The summed E-state index contributed by atoms with van der Waals surface area (Å²) in [5, 5.41) is 0. The number of hydrogen-bond donors (Lipinski definition) is 1. The lowest BCUT2D eigenvalue weighted by Crippen LogP contribution is -2.14. The number of hydrogen-bond acceptors (Lipinski definition) is 4. The topological polar surface area (TPSA) is 87.2 Å². The van der Waals surface area contributed by atoms with Crippen molar-refractivity contribution >= 4 is 11.9 Å². The molecule has 29 heavy (non-hydrogen) atoms. The van der Waals surface area contributed by atoms with E-state index in [9.17, 15) is 9.59 Å². The maximum Gasteiger partial charge on any atom is 0.305 e. The molecule has 0 atom stereocenters. The minimum absolute atomic E-state index is 0.212. The lowest BCUT2D eigenvalue weighted by Gasteiger charge is -2.13. The molecule has 0 aliphatic carbocycles. The molecule has 6 heteroatoms. The van der Waals surface area contributed by atoms with Crippen molar-refractivity contribution < 1.29 is 14.3 Å². The number of nitrogens with zero attached hydrogens (tertiary/aromatic N) is 2. The predicted molar refractivity (Wildman–Crippen MR) is 111 cm³/mol. The Labute approximate surface area is 170 Å². The van der Waals surface area contributed by atoms with Crippen LogP contribution in [-0.4, -0.2) is 28.5 Å². The summed E-state index contributed by atoms with van der Waals surface area (Å²) >= 11 is 0. The van der Waals surface area contributed by atoms with E-state index < -0.39 is 5.91 Å². The highest BCUT2D eigenvalue weighted by molar-refractivity contribution is 6.01. The number of primary amides is 1. The first-order valence-corrected chi connectivity index (χ1v) is 9.56. The second kappa shape index (κ2) is 9.19. The molecule has 1 amide bonds. The molecule has 0 saturated heterocycles. The van der Waals surface area contributed by atoms with Gasteiger partial charge in [-0.2, -0.15) is 0 Å². The fraction of sp³-hybridized carbons (Fsp3) is 0.261. The average molecular weight is 391 g/mol. The molecule has 6 nitrogen and oxygen atoms in total. The third kappa shape index (κ3) is 4.54. The molecule has 3 aromatic rings. The molecule has 1 aromatic carbocycles. The van der Waals surface area contributed by atoms with E-state index in [4.69, 9.17) is 10.5 Å². The molecule has 2 N–H and O–H groups in total. The molecule has 2 aromatic heterocycles. The molecule has 2 heterocycles. The Hall–Kier alpha value is -3.41. The Kier molecular flexibility index (Phi) is 6.44. The summed E-state index contributed by atoms with van der Waals surface area (Å²) in [5.41, 5.74) is 10.4. The maximum atomic E-state index is 12.3. The molecule has 0 fully saturated rings. The van der Waals surface area contributed by atoms with Gasteiger partial charge in [-0.3, -0.25) is 14.6 Å². The average Bonchev–Trinajstić information content (AvgIpc) is 3.03. The molecule has 0 bridgehead atoms. The second-order valence-electron chi connectivity index (χ2n) is 6.82. The van der Waals surface area contributed by atoms with Crippen molar-refractivity contribution in [3.63, 3.8) is 0 Å². The molecule has 0 unspecified atom stereocenters. The summed E-state index contributed by atoms with van der Waals surface area (Å²) in [6, 6.07) is 15.7. The lowest BCUT2D eigenvalue weighted by atomic mass is 10.0. The molecule has 0 aliphatic rings. The maximum absolute atomic E-state index is 12.3. The summed E-state index contributed by atoms with van der Waals surface area (Å²) in [4.78, 5) is 28.6. The van der Waals surface area contributed by atoms with Crippen LogP contribution in [-0.2, 0) is 28.9 Å². The van der Waals surface area contributed by atoms with Crippen LogP contribution in [0.2, 0.25) is 0 Å². The van der Waals surface area contributed by atoms with E-state index in [2.05, 4.69) is 21.7 Å². The van der Waals surface area contributed by atoms with E-state index in [-0.39, 0.29) is 12.4 Å². The van der Waals surface area contributed by atoms with Gasteiger partial charge in [-0.1, -0.05) is 36.4 Å². The molecule has 3 rings (SSSR count). The number of methoxy groups -OCH3 is 1. The molecule has 0 radical (unpaired) electrons. The number of esters is 1. The minimum Gasteiger partial charge on any atom is -0.469 e. The quantitative estimate of drug-likeness (QED) is 0.597. The summed E-state index contributed by atoms with van der Waals surface area (Å²) in [5.74, 6) is -0.799. The first kappa shape index (κ1) is 20.3. The van der Waals surface area contributed by atoms with E-state index in [1.54, 1.807) is 6.20 Å². The Morgan fingerprint density at radius 3 is 2.41 bits per heavy atom. The van der Waals surface area contributed by atoms with E-state index >= 15 is 0 Å². The van der Waals surface area contributed by atoms with Crippen LogP contribution in [0.15, 0.2) is 54.7 Å². The summed E-state index contributed by atoms with van der Waals surface area (Å²) in [7, 11) is 1.37. The third-order valence-electron chi connectivity index (χ3n) is 5.06. The summed E-state index contributed by atoms with van der Waals surface area (Å²) < 4.78 is 6.90. The van der Waals surface area contributed by atoms with E-state index in [0.29, 0.717) is 29.8 Å². The fourth-order valence-electron chi connectivity index (χ4n) is 3.66. The highest BCUT2D eigenvalue weighted by Crippen LogP contribution is 2.32. The Morgan fingerprint density at radius 2 is 1.79 bits per heavy atom. The SMILES string of the molecule is COC(=O)CCc1c(-c2ccccn2)c(C(N)=O)c(C)n1CCc1ccccc1. The second-order valence-corrected chi connectivity index (χ2v) is 6.82. The van der Waals surface area contributed by atoms with Gasteiger partial charge in [0.2, 0.25) is 0 Å². The van der Waals surface area contributed by atoms with Crippen molar-refractivity contribution in [1.29, 1.82) is 0 Å². The number of nitrogens with two attached hydrogens (primary N) is 1. The van der Waals surface area contributed by atoms with Gasteiger partial charge in [0, 0.05) is 29.7 Å². The van der Waals surface area contributed by atoms with Crippen LogP contribution in [0.3, 0.4) is 0 Å². The van der Waals surface area contributed by atoms with Crippen molar-refractivity contribution in [3.8, 4) is 11.3 Å². The summed E-state index contributed by atoms with van der Waals surface area (Å²) in [6.45, 7) is 2.55. The first-order chi connectivity index (χ1) is 14.0. The number of carbonyl (C=O) groups excluding carboxylic acids is 2. The zero-order chi connectivity index (χ0) is 20.8. The molecule has 0 saturated carbocycles. The van der Waals surface area contributed by atoms with E-state index in [0.717, 1.165) is 17.8 Å². The van der Waals surface area contributed by atoms with Crippen LogP contribution in [0.5, 0.6) is 0 Å². The number of ether oxygens (including phenoxy) is 1. The largest absolute Gasteiger partial charge is 0.469 e. The van der Waals surface area contributed by atoms with Crippen LogP contribution in [0.25, 0.3) is 11.3 Å². The zero-order valence-electron chi connectivity index (χ0n) is 16.7. The predicted octanol–water partition coefficient (Wildman–Crippen LogP) is 3.31. The monoisotopic (exact) mass is 391 g/mol. The number of aryl methyl sites for hydroxylation is 1. The van der Waals surface area contributed by atoms with Gasteiger partial charge in [-0.15, -0.1) is 0 Å². The Morgan fingerprint density at radius 1 is 1.07 bits per heavy atom. The molecular formula is C23H25N3O3. The Bertz CT molecular complexity index is 995. The fourth-order valence-corrected chi connectivity index (χ4v) is 3.66. The smallest absolute Gasteiger partial charge is 0.305 e. The van der Waals surface area contributed by atoms with Gasteiger partial charge in [0.15, 0.2) is 0 Å². The molecule has 0 aliphatic heterocycles. The van der Waals surface area contributed by atoms with E-state index in [1.165, 1.54) is 12.7 Å². The van der Waals surface area contributed by atoms with Crippen molar-refractivity contribution in [2.24, 2.45) is 5.73 Å². The number of benzene rings is 1. The van der Waals surface area contributed by atoms with Crippen molar-refractivity contribution in [1.82, 2.24) is 9.55 Å². The van der Waals surface area contributed by atoms with Gasteiger partial charge in [0.05, 0.1) is 24.8 Å². The van der Waals surface area contributed by atoms with Crippen LogP contribution in [0.1, 0.15) is 33.7 Å². The van der Waals surface area contributed by atoms with Crippen LogP contribution >= 0.6 is 0 Å². The number of pyridine rings is 1. The summed E-state index contributed by atoms with van der Waals surface area (Å²) in [6.07, 6.45) is 3.12. The van der Waals surface area contributed by atoms with Crippen molar-refractivity contribution in [2.45, 2.75) is 32.7 Å². The molecule has 0 spiro atoms. The van der Waals surface area contributed by atoms with E-state index in [1.807, 2.05) is 43.3 Å². The number of carbonyl (C=O) groups is 2. The standard InChI is InChI=1S/C23H25N3O3/c1-16-21(23(24)28)22(18-10-6-7-14-25-18)19(11-12-20(27)29-2)26(16)15-13-17-8-4-3-5-9-17/h3-10,14H,11-13,15H2,1-2H3,(H2,24,28). The third-order valence-corrected chi connectivity index (χ3v) is 5.06. The van der Waals surface area contributed by atoms with Gasteiger partial charge >= 0.3 is 5.97 Å². The highest BCUT2D eigenvalue weighted by Gasteiger charge is 2.25. The molecule has 150 valence electrons. The number of rotatable bonds is 8. The van der Waals surface area contributed by atoms with Crippen molar-refractivity contribution in [3.05, 3.63) is 77.2 Å². The molecular weight excluding hydrogens is 366 g/mol. The van der Waals surface area contributed by atoms with Crippen molar-refractivity contribution in [2.75, 3.05) is 7.11 Å². The van der Waals surface area contributed by atoms with Gasteiger partial charge in [0.25, 0.3) is 5.91 Å².